The van der Waals surface area contributed by atoms with Crippen molar-refractivity contribution in [2.75, 3.05) is 20.3 Å². The Balaban J connectivity index is 1.55. The molecule has 206 valence electrons. The predicted molar refractivity (Wildman–Crippen MR) is 157 cm³/mol. The average molecular weight is 635 g/mol. The van der Waals surface area contributed by atoms with E-state index in [0.717, 1.165) is 16.6 Å². The van der Waals surface area contributed by atoms with Gasteiger partial charge in [0.2, 0.25) is 0 Å². The number of benzene rings is 2. The largest absolute Gasteiger partial charge is 0.494 e. The molecule has 1 amide bonds. The Morgan fingerprint density at radius 2 is 1.61 bits per heavy atom. The summed E-state index contributed by atoms with van der Waals surface area (Å²) in [4.78, 5) is 15.4. The van der Waals surface area contributed by atoms with Crippen molar-refractivity contribution in [2.45, 2.75) is 80.3 Å². The number of ether oxygens (including phenoxy) is 2. The van der Waals surface area contributed by atoms with Gasteiger partial charge in [0.25, 0.3) is 0 Å². The topological polar surface area (TPSA) is 77.5 Å². The smallest absolute Gasteiger partial charge is 0.438 e. The summed E-state index contributed by atoms with van der Waals surface area (Å²) in [6, 6.07) is 17.7. The van der Waals surface area contributed by atoms with E-state index < -0.39 is 39.2 Å². The van der Waals surface area contributed by atoms with E-state index in [1.807, 2.05) is 89.2 Å². The van der Waals surface area contributed by atoms with E-state index >= 15 is 0 Å². The standard InChI is InChI=1S/C29H39BINO6/c1-25(2)26(3,4)38-30(37-25)23-15-13-21(14-16-23)28(6,31)32-18-17-29(36-24(32)33,19-27(5,34)20-35-7)22-11-9-8-10-12-22/h8-16,34H,17-20H2,1-7H3/t27?,28-,29?/m1/s1. The molecule has 2 heterocycles. The zero-order chi connectivity index (χ0) is 28.0. The van der Waals surface area contributed by atoms with Crippen molar-refractivity contribution in [1.82, 2.24) is 4.90 Å². The van der Waals surface area contributed by atoms with E-state index in [0.29, 0.717) is 13.0 Å². The highest BCUT2D eigenvalue weighted by Crippen LogP contribution is 2.45. The summed E-state index contributed by atoms with van der Waals surface area (Å²) in [5.74, 6) is 0. The van der Waals surface area contributed by atoms with Crippen molar-refractivity contribution < 1.29 is 28.7 Å². The van der Waals surface area contributed by atoms with Gasteiger partial charge in [0.05, 0.1) is 23.4 Å². The van der Waals surface area contributed by atoms with Crippen LogP contribution in [0, 0.1) is 0 Å². The van der Waals surface area contributed by atoms with Crippen molar-refractivity contribution in [3.8, 4) is 0 Å². The molecule has 3 atom stereocenters. The third kappa shape index (κ3) is 5.63. The third-order valence-corrected chi connectivity index (χ3v) is 9.34. The molecule has 0 saturated carbocycles. The van der Waals surface area contributed by atoms with Gasteiger partial charge in [0.1, 0.15) is 9.15 Å². The SMILES string of the molecule is COCC(C)(O)CC1(c2ccccc2)CCN([C@@](C)(I)c2ccc(B3OC(C)(C)C(C)(C)O3)cc2)C(=O)O1. The Morgan fingerprint density at radius 3 is 2.13 bits per heavy atom. The molecule has 9 heteroatoms. The lowest BCUT2D eigenvalue weighted by molar-refractivity contribution is -0.121. The van der Waals surface area contributed by atoms with Gasteiger partial charge in [-0.15, -0.1) is 0 Å². The number of amides is 1. The molecule has 2 saturated heterocycles. The van der Waals surface area contributed by atoms with Crippen molar-refractivity contribution in [2.24, 2.45) is 0 Å². The minimum Gasteiger partial charge on any atom is -0.438 e. The molecule has 4 rings (SSSR count). The van der Waals surface area contributed by atoms with Gasteiger partial charge in [-0.25, -0.2) is 4.79 Å². The fraction of sp³-hybridized carbons (Fsp3) is 0.552. The number of carbonyl (C=O) groups is 1. The minimum absolute atomic E-state index is 0.141. The molecule has 0 spiro atoms. The predicted octanol–water partition coefficient (Wildman–Crippen LogP) is 5.12. The first-order valence-corrected chi connectivity index (χ1v) is 14.1. The number of carbonyl (C=O) groups excluding carboxylic acids is 1. The average Bonchev–Trinajstić information content (AvgIpc) is 3.06. The van der Waals surface area contributed by atoms with Gasteiger partial charge in [-0.3, -0.25) is 4.90 Å². The van der Waals surface area contributed by atoms with Crippen LogP contribution in [-0.2, 0) is 27.9 Å². The number of alkyl halides is 1. The molecular formula is C29H39BINO6. The number of hydrogen-bond donors (Lipinski definition) is 1. The highest BCUT2D eigenvalue weighted by Gasteiger charge is 2.52. The van der Waals surface area contributed by atoms with Crippen molar-refractivity contribution in [3.05, 3.63) is 65.7 Å². The summed E-state index contributed by atoms with van der Waals surface area (Å²) in [5, 5.41) is 11.0. The first-order chi connectivity index (χ1) is 17.6. The van der Waals surface area contributed by atoms with Gasteiger partial charge >= 0.3 is 13.2 Å². The van der Waals surface area contributed by atoms with Crippen LogP contribution in [0.3, 0.4) is 0 Å². The van der Waals surface area contributed by atoms with Gasteiger partial charge in [-0.1, -0.05) is 54.6 Å². The summed E-state index contributed by atoms with van der Waals surface area (Å²) in [6.07, 6.45) is 0.353. The van der Waals surface area contributed by atoms with Crippen LogP contribution < -0.4 is 5.46 Å². The first kappa shape index (κ1) is 29.3. The van der Waals surface area contributed by atoms with Crippen LogP contribution in [0.5, 0.6) is 0 Å². The fourth-order valence-electron chi connectivity index (χ4n) is 5.27. The summed E-state index contributed by atoms with van der Waals surface area (Å²) in [5.41, 5.74) is -0.173. The normalized spacial score (nSPS) is 26.0. The van der Waals surface area contributed by atoms with Crippen LogP contribution in [-0.4, -0.2) is 60.3 Å². The molecule has 0 aromatic heterocycles. The van der Waals surface area contributed by atoms with E-state index in [2.05, 4.69) is 22.6 Å². The lowest BCUT2D eigenvalue weighted by atomic mass is 9.78. The van der Waals surface area contributed by atoms with Crippen LogP contribution >= 0.6 is 22.6 Å². The second-order valence-electron chi connectivity index (χ2n) is 11.9. The maximum Gasteiger partial charge on any atom is 0.494 e. The molecule has 0 aliphatic carbocycles. The summed E-state index contributed by atoms with van der Waals surface area (Å²) in [6.45, 7) is 12.5. The number of rotatable bonds is 8. The molecule has 2 unspecified atom stereocenters. The van der Waals surface area contributed by atoms with E-state index in [9.17, 15) is 9.90 Å². The number of methoxy groups -OCH3 is 1. The Labute approximate surface area is 240 Å². The molecular weight excluding hydrogens is 596 g/mol. The number of halogens is 1. The van der Waals surface area contributed by atoms with Gasteiger partial charge in [0, 0.05) is 26.5 Å². The van der Waals surface area contributed by atoms with E-state index in [1.165, 1.54) is 0 Å². The molecule has 38 heavy (non-hydrogen) atoms. The number of cyclic esters (lactones) is 1. The number of nitrogens with zero attached hydrogens (tertiary/aromatic N) is 1. The van der Waals surface area contributed by atoms with Crippen LogP contribution in [0.1, 0.15) is 65.5 Å². The molecule has 7 nitrogen and oxygen atoms in total. The van der Waals surface area contributed by atoms with E-state index in [1.54, 1.807) is 18.9 Å². The molecule has 2 aliphatic rings. The minimum atomic E-state index is -1.16. The number of hydrogen-bond acceptors (Lipinski definition) is 6. The molecule has 2 aromatic rings. The Hall–Kier alpha value is -1.66. The molecule has 0 radical (unpaired) electrons. The van der Waals surface area contributed by atoms with E-state index in [-0.39, 0.29) is 13.0 Å². The summed E-state index contributed by atoms with van der Waals surface area (Å²) >= 11 is 2.31. The second-order valence-corrected chi connectivity index (χ2v) is 14.0. The molecule has 2 aliphatic heterocycles. The van der Waals surface area contributed by atoms with Gasteiger partial charge < -0.3 is 23.9 Å². The first-order valence-electron chi connectivity index (χ1n) is 13.0. The van der Waals surface area contributed by atoms with Crippen LogP contribution in [0.25, 0.3) is 0 Å². The van der Waals surface area contributed by atoms with Crippen LogP contribution in [0.15, 0.2) is 54.6 Å². The van der Waals surface area contributed by atoms with Crippen molar-refractivity contribution in [3.63, 3.8) is 0 Å². The van der Waals surface area contributed by atoms with Crippen molar-refractivity contribution >= 4 is 41.3 Å². The van der Waals surface area contributed by atoms with Gasteiger partial charge in [-0.2, -0.15) is 0 Å². The van der Waals surface area contributed by atoms with Gasteiger partial charge in [0.15, 0.2) is 0 Å². The van der Waals surface area contributed by atoms with Crippen molar-refractivity contribution in [1.29, 1.82) is 0 Å². The highest BCUT2D eigenvalue weighted by atomic mass is 127. The zero-order valence-electron chi connectivity index (χ0n) is 23.4. The Kier molecular flexibility index (Phi) is 8.02. The highest BCUT2D eigenvalue weighted by molar-refractivity contribution is 14.1. The Bertz CT molecular complexity index is 1120. The second kappa shape index (κ2) is 10.4. The molecule has 1 N–H and O–H groups in total. The quantitative estimate of drug-likeness (QED) is 0.188. The van der Waals surface area contributed by atoms with Crippen LogP contribution in [0.4, 0.5) is 4.79 Å². The monoisotopic (exact) mass is 635 g/mol. The zero-order valence-corrected chi connectivity index (χ0v) is 25.6. The maximum absolute atomic E-state index is 13.6. The summed E-state index contributed by atoms with van der Waals surface area (Å²) in [7, 11) is 1.11. The third-order valence-electron chi connectivity index (χ3n) is 8.13. The number of aliphatic hydroxyl groups is 1. The Morgan fingerprint density at radius 1 is 1.03 bits per heavy atom. The van der Waals surface area contributed by atoms with Crippen LogP contribution in [0.2, 0.25) is 0 Å². The summed E-state index contributed by atoms with van der Waals surface area (Å²) < 4.78 is 23.2. The lowest BCUT2D eigenvalue weighted by Crippen LogP contribution is -2.55. The maximum atomic E-state index is 13.6. The fourth-order valence-corrected chi connectivity index (χ4v) is 6.06. The molecule has 2 fully saturated rings. The lowest BCUT2D eigenvalue weighted by Gasteiger charge is -2.48. The van der Waals surface area contributed by atoms with E-state index in [4.69, 9.17) is 18.8 Å². The molecule has 2 aromatic carbocycles. The molecule has 0 bridgehead atoms. The van der Waals surface area contributed by atoms with Gasteiger partial charge in [-0.05, 0) is 80.7 Å².